The Morgan fingerprint density at radius 1 is 1.11 bits per heavy atom. The van der Waals surface area contributed by atoms with Crippen molar-refractivity contribution in [3.63, 3.8) is 0 Å². The first-order valence-corrected chi connectivity index (χ1v) is 10.9. The second-order valence-electron chi connectivity index (χ2n) is 10.0. The topological polar surface area (TPSA) is 104 Å². The number of fused-ring (bicyclic) bond motifs is 5. The fourth-order valence-corrected chi connectivity index (χ4v) is 7.77. The van der Waals surface area contributed by atoms with E-state index in [1.54, 1.807) is 6.92 Å². The molecule has 0 saturated heterocycles. The van der Waals surface area contributed by atoms with Crippen molar-refractivity contribution in [2.45, 2.75) is 82.8 Å². The predicted molar refractivity (Wildman–Crippen MR) is 101 cm³/mol. The molecule has 0 aromatic rings. The van der Waals surface area contributed by atoms with Gasteiger partial charge in [0.25, 0.3) is 0 Å². The number of hydrogen-bond donors (Lipinski definition) is 3. The van der Waals surface area contributed by atoms with Gasteiger partial charge in [-0.25, -0.2) is 0 Å². The zero-order chi connectivity index (χ0) is 20.4. The number of rotatable bonds is 3. The second kappa shape index (κ2) is 6.51. The Labute approximate surface area is 166 Å². The minimum atomic E-state index is -1.18. The van der Waals surface area contributed by atoms with Gasteiger partial charge in [-0.3, -0.25) is 9.59 Å². The summed E-state index contributed by atoms with van der Waals surface area (Å²) < 4.78 is 5.31. The van der Waals surface area contributed by atoms with Crippen molar-refractivity contribution in [3.05, 3.63) is 0 Å². The van der Waals surface area contributed by atoms with Crippen LogP contribution in [0.15, 0.2) is 0 Å². The van der Waals surface area contributed by atoms with Crippen molar-refractivity contribution in [1.82, 2.24) is 0 Å². The van der Waals surface area contributed by atoms with E-state index in [0.29, 0.717) is 51.6 Å². The Hall–Kier alpha value is -0.980. The zero-order valence-corrected chi connectivity index (χ0v) is 17.1. The summed E-state index contributed by atoms with van der Waals surface area (Å²) in [4.78, 5) is 24.7. The van der Waals surface area contributed by atoms with E-state index in [9.17, 15) is 24.9 Å². The molecule has 0 amide bonds. The molecule has 0 spiro atoms. The molecule has 4 rings (SSSR count). The van der Waals surface area contributed by atoms with Gasteiger partial charge in [-0.1, -0.05) is 6.92 Å². The summed E-state index contributed by atoms with van der Waals surface area (Å²) in [5, 5.41) is 33.8. The minimum Gasteiger partial charge on any atom is -0.466 e. The highest BCUT2D eigenvalue weighted by Crippen LogP contribution is 2.69. The lowest BCUT2D eigenvalue weighted by molar-refractivity contribution is -0.258. The van der Waals surface area contributed by atoms with Gasteiger partial charge < -0.3 is 20.1 Å². The highest BCUT2D eigenvalue weighted by molar-refractivity contribution is 5.81. The van der Waals surface area contributed by atoms with Crippen molar-refractivity contribution >= 4 is 11.8 Å². The number of ketones is 1. The van der Waals surface area contributed by atoms with Crippen molar-refractivity contribution in [2.75, 3.05) is 13.2 Å². The van der Waals surface area contributed by atoms with Gasteiger partial charge in [0.2, 0.25) is 0 Å². The molecule has 0 aromatic carbocycles. The summed E-state index contributed by atoms with van der Waals surface area (Å²) in [6.45, 7) is 4.00. The molecule has 0 heterocycles. The van der Waals surface area contributed by atoms with Gasteiger partial charge >= 0.3 is 5.97 Å². The minimum absolute atomic E-state index is 0.0385. The van der Waals surface area contributed by atoms with Crippen molar-refractivity contribution in [3.8, 4) is 0 Å². The van der Waals surface area contributed by atoms with Gasteiger partial charge in [-0.15, -0.1) is 0 Å². The first-order valence-electron chi connectivity index (χ1n) is 10.9. The van der Waals surface area contributed by atoms with E-state index in [2.05, 4.69) is 0 Å². The van der Waals surface area contributed by atoms with Gasteiger partial charge in [0.1, 0.15) is 5.78 Å². The summed E-state index contributed by atoms with van der Waals surface area (Å²) in [6, 6.07) is 0. The van der Waals surface area contributed by atoms with Crippen LogP contribution in [0.3, 0.4) is 0 Å². The molecule has 3 N–H and O–H groups in total. The third-order valence-electron chi connectivity index (χ3n) is 9.34. The Kier molecular flexibility index (Phi) is 4.72. The van der Waals surface area contributed by atoms with Crippen LogP contribution >= 0.6 is 0 Å². The summed E-state index contributed by atoms with van der Waals surface area (Å²) in [6.07, 6.45) is 4.59. The Morgan fingerprint density at radius 3 is 2.50 bits per heavy atom. The van der Waals surface area contributed by atoms with E-state index in [0.717, 1.165) is 6.42 Å². The smallest absolute Gasteiger partial charge is 0.309 e. The molecule has 28 heavy (non-hydrogen) atoms. The van der Waals surface area contributed by atoms with Gasteiger partial charge in [0.05, 0.1) is 30.3 Å². The molecule has 6 nitrogen and oxygen atoms in total. The number of carbonyl (C=O) groups is 2. The van der Waals surface area contributed by atoms with Crippen LogP contribution in [0.2, 0.25) is 0 Å². The van der Waals surface area contributed by atoms with Crippen LogP contribution in [-0.2, 0) is 14.3 Å². The Balaban J connectivity index is 1.70. The number of esters is 1. The molecule has 4 aliphatic rings. The number of aliphatic hydroxyl groups is 3. The van der Waals surface area contributed by atoms with Gasteiger partial charge in [0.15, 0.2) is 0 Å². The second-order valence-corrected chi connectivity index (χ2v) is 10.0. The third kappa shape index (κ3) is 2.37. The molecule has 7 unspecified atom stereocenters. The van der Waals surface area contributed by atoms with E-state index in [-0.39, 0.29) is 42.5 Å². The number of ether oxygens (including phenoxy) is 1. The molecule has 7 atom stereocenters. The largest absolute Gasteiger partial charge is 0.466 e. The molecule has 0 aromatic heterocycles. The number of aliphatic hydroxyl groups excluding tert-OH is 1. The van der Waals surface area contributed by atoms with Gasteiger partial charge in [-0.2, -0.15) is 0 Å². The molecule has 4 aliphatic carbocycles. The van der Waals surface area contributed by atoms with E-state index in [1.165, 1.54) is 0 Å². The summed E-state index contributed by atoms with van der Waals surface area (Å²) in [5.41, 5.74) is -3.46. The highest BCUT2D eigenvalue weighted by Gasteiger charge is 2.71. The first kappa shape index (κ1) is 20.3. The lowest BCUT2D eigenvalue weighted by Gasteiger charge is -2.65. The number of carbonyl (C=O) groups excluding carboxylic acids is 2. The third-order valence-corrected chi connectivity index (χ3v) is 9.34. The summed E-state index contributed by atoms with van der Waals surface area (Å²) >= 11 is 0. The molecular formula is C22H34O6. The van der Waals surface area contributed by atoms with Crippen molar-refractivity contribution in [1.29, 1.82) is 0 Å². The van der Waals surface area contributed by atoms with E-state index < -0.39 is 22.0 Å². The fourth-order valence-electron chi connectivity index (χ4n) is 7.77. The molecule has 4 saturated carbocycles. The number of hydrogen-bond acceptors (Lipinski definition) is 6. The fraction of sp³-hybridized carbons (Fsp3) is 0.909. The maximum atomic E-state index is 12.6. The van der Waals surface area contributed by atoms with Crippen LogP contribution in [0.5, 0.6) is 0 Å². The molecule has 0 bridgehead atoms. The standard InChI is InChI=1S/C22H34O6/c1-3-28-18(25)17-7-11-22(27)16-6-10-21(26)12-14(24)4-9-20(21,13-23)15(16)5-8-19(17,22)2/h15-17,23,26-27H,3-13H2,1-2H3. The Morgan fingerprint density at radius 2 is 1.82 bits per heavy atom. The quantitative estimate of drug-likeness (QED) is 0.633. The van der Waals surface area contributed by atoms with E-state index in [1.807, 2.05) is 6.92 Å². The maximum absolute atomic E-state index is 12.6. The average molecular weight is 395 g/mol. The molecule has 0 radical (unpaired) electrons. The Bertz CT molecular complexity index is 678. The lowest BCUT2D eigenvalue weighted by Crippen LogP contribution is -2.69. The van der Waals surface area contributed by atoms with Crippen molar-refractivity contribution in [2.24, 2.45) is 28.6 Å². The zero-order valence-electron chi connectivity index (χ0n) is 17.1. The maximum Gasteiger partial charge on any atom is 0.309 e. The van der Waals surface area contributed by atoms with Gasteiger partial charge in [-0.05, 0) is 63.7 Å². The van der Waals surface area contributed by atoms with Crippen LogP contribution in [0, 0.1) is 28.6 Å². The van der Waals surface area contributed by atoms with Gasteiger partial charge in [0, 0.05) is 23.7 Å². The van der Waals surface area contributed by atoms with Crippen LogP contribution in [0.1, 0.15) is 71.6 Å². The molecular weight excluding hydrogens is 360 g/mol. The summed E-state index contributed by atoms with van der Waals surface area (Å²) in [7, 11) is 0. The van der Waals surface area contributed by atoms with Crippen LogP contribution in [-0.4, -0.2) is 51.5 Å². The first-order chi connectivity index (χ1) is 13.2. The molecule has 6 heteroatoms. The van der Waals surface area contributed by atoms with E-state index >= 15 is 0 Å². The molecule has 4 fully saturated rings. The van der Waals surface area contributed by atoms with Crippen molar-refractivity contribution < 1.29 is 29.6 Å². The van der Waals surface area contributed by atoms with Crippen LogP contribution in [0.25, 0.3) is 0 Å². The van der Waals surface area contributed by atoms with Crippen LogP contribution in [0.4, 0.5) is 0 Å². The average Bonchev–Trinajstić information content (AvgIpc) is 2.92. The number of Topliss-reactive ketones (excluding diaryl/α,β-unsaturated/α-hetero) is 1. The monoisotopic (exact) mass is 394 g/mol. The summed E-state index contributed by atoms with van der Waals surface area (Å²) in [5.74, 6) is -0.577. The SMILES string of the molecule is CCOC(=O)C1CCC2(O)C3CCC4(O)CC(=O)CCC4(CO)C3CCC12C. The highest BCUT2D eigenvalue weighted by atomic mass is 16.5. The normalized spacial score (nSPS) is 50.5. The van der Waals surface area contributed by atoms with E-state index in [4.69, 9.17) is 4.74 Å². The lowest BCUT2D eigenvalue weighted by atomic mass is 9.42. The molecule has 158 valence electrons. The van der Waals surface area contributed by atoms with Crippen LogP contribution < -0.4 is 0 Å². The predicted octanol–water partition coefficient (Wildman–Crippen LogP) is 1.98. The molecule has 0 aliphatic heterocycles.